The number of rotatable bonds is 11. The number of hydrogen-bond acceptors (Lipinski definition) is 6. The first kappa shape index (κ1) is 46.2. The molecule has 5 aromatic rings. The summed E-state index contributed by atoms with van der Waals surface area (Å²) in [5, 5.41) is 33.6. The van der Waals surface area contributed by atoms with Crippen LogP contribution in [-0.2, 0) is 0 Å². The molecule has 0 aliphatic rings. The van der Waals surface area contributed by atoms with E-state index in [9.17, 15) is 4.79 Å². The number of carbonyl (C=O) groups is 1. The number of carbonyl (C=O) groups excluding carboxylic acids is 1. The summed E-state index contributed by atoms with van der Waals surface area (Å²) in [6.45, 7) is 19.1. The normalized spacial score (nSPS) is 9.64. The van der Waals surface area contributed by atoms with E-state index in [1.54, 1.807) is 13.8 Å². The zero-order chi connectivity index (χ0) is 41.3. The summed E-state index contributed by atoms with van der Waals surface area (Å²) < 4.78 is 0. The van der Waals surface area contributed by atoms with Gasteiger partial charge in [-0.05, 0) is 138 Å². The van der Waals surface area contributed by atoms with Gasteiger partial charge in [0.25, 0.3) is 0 Å². The Balaban J connectivity index is 0.000000262. The number of thiocarbonyl (C=S) groups is 1. The topological polar surface area (TPSA) is 137 Å². The molecule has 0 spiro atoms. The molecule has 0 fully saturated rings. The van der Waals surface area contributed by atoms with E-state index in [2.05, 4.69) is 101 Å². The molecule has 0 bridgehead atoms. The number of benzene rings is 5. The number of aryl methyl sites for hydroxylation is 2. The van der Waals surface area contributed by atoms with Gasteiger partial charge in [-0.1, -0.05) is 83.9 Å². The summed E-state index contributed by atoms with van der Waals surface area (Å²) in [6, 6.07) is 40.1. The van der Waals surface area contributed by atoms with E-state index in [0.29, 0.717) is 23.1 Å². The molecular formula is C46H60N8OS. The number of nitrogens with one attached hydrogen (secondary N) is 8. The lowest BCUT2D eigenvalue weighted by molar-refractivity contribution is 0.252. The van der Waals surface area contributed by atoms with Gasteiger partial charge in [0.1, 0.15) is 0 Å². The molecule has 5 aromatic carbocycles. The van der Waals surface area contributed by atoms with E-state index in [-0.39, 0.29) is 6.03 Å². The third kappa shape index (κ3) is 18.4. The van der Waals surface area contributed by atoms with Crippen LogP contribution in [0.4, 0.5) is 27.5 Å². The fraction of sp³-hybridized carbons (Fsp3) is 0.261. The van der Waals surface area contributed by atoms with Crippen molar-refractivity contribution in [1.82, 2.24) is 10.6 Å². The highest BCUT2D eigenvalue weighted by atomic mass is 32.1. The van der Waals surface area contributed by atoms with Gasteiger partial charge in [0.15, 0.2) is 5.11 Å². The van der Waals surface area contributed by atoms with E-state index in [0.717, 1.165) is 53.5 Å². The van der Waals surface area contributed by atoms with Crippen molar-refractivity contribution in [3.8, 4) is 11.1 Å². The van der Waals surface area contributed by atoms with Gasteiger partial charge in [-0.25, -0.2) is 4.79 Å². The van der Waals surface area contributed by atoms with Gasteiger partial charge in [-0.2, -0.15) is 0 Å². The van der Waals surface area contributed by atoms with Crippen molar-refractivity contribution in [3.05, 3.63) is 144 Å². The maximum atomic E-state index is 11.1. The standard InChI is InChI=1S/C16H18N2.C10H14N2O.C10H14N2S.C10H14N2/c1-3-18-16-10-8-15(9-11-16)14-6-4-13(5-7-14)12(2)17;2*1-3-11-10(13)12-9-6-4-8(2)5-7-9;1-3-12-10-6-4-9(5-7-10)8(2)11/h4-11,17-18H,3H2,1-2H3;2*4-7H,3H2,1-2H3,(H2,11,12,13);4-7,11-12H,3H2,1-2H3. The molecule has 8 N–H and O–H groups in total. The maximum Gasteiger partial charge on any atom is 0.319 e. The predicted octanol–water partition coefficient (Wildman–Crippen LogP) is 11.1. The van der Waals surface area contributed by atoms with Gasteiger partial charge in [0.2, 0.25) is 0 Å². The van der Waals surface area contributed by atoms with Crippen molar-refractivity contribution in [2.24, 2.45) is 0 Å². The fourth-order valence-corrected chi connectivity index (χ4v) is 5.15. The van der Waals surface area contributed by atoms with Crippen LogP contribution in [0, 0.1) is 24.7 Å². The lowest BCUT2D eigenvalue weighted by atomic mass is 10.0. The second-order valence-electron chi connectivity index (χ2n) is 12.7. The summed E-state index contributed by atoms with van der Waals surface area (Å²) >= 11 is 5.05. The molecule has 56 heavy (non-hydrogen) atoms. The van der Waals surface area contributed by atoms with Crippen molar-refractivity contribution in [3.63, 3.8) is 0 Å². The second kappa shape index (κ2) is 25.9. The van der Waals surface area contributed by atoms with Gasteiger partial charge in [-0.15, -0.1) is 0 Å². The molecule has 2 amide bonds. The highest BCUT2D eigenvalue weighted by Crippen LogP contribution is 2.22. The Hall–Kier alpha value is -6.00. The van der Waals surface area contributed by atoms with E-state index in [4.69, 9.17) is 23.0 Å². The van der Waals surface area contributed by atoms with Crippen LogP contribution in [0.25, 0.3) is 11.1 Å². The van der Waals surface area contributed by atoms with Crippen LogP contribution in [0.3, 0.4) is 0 Å². The van der Waals surface area contributed by atoms with Crippen molar-refractivity contribution in [1.29, 1.82) is 10.8 Å². The Kier molecular flexibility index (Phi) is 21.4. The van der Waals surface area contributed by atoms with Gasteiger partial charge in [-0.3, -0.25) is 0 Å². The third-order valence-electron chi connectivity index (χ3n) is 7.91. The molecule has 0 aromatic heterocycles. The van der Waals surface area contributed by atoms with E-state index in [1.807, 2.05) is 93.6 Å². The zero-order valence-corrected chi connectivity index (χ0v) is 35.0. The first-order valence-corrected chi connectivity index (χ1v) is 19.4. The number of urea groups is 1. The van der Waals surface area contributed by atoms with Crippen LogP contribution in [0.5, 0.6) is 0 Å². The fourth-order valence-electron chi connectivity index (χ4n) is 4.89. The van der Waals surface area contributed by atoms with Crippen molar-refractivity contribution < 1.29 is 4.79 Å². The minimum atomic E-state index is -0.161. The molecule has 10 heteroatoms. The van der Waals surface area contributed by atoms with Crippen LogP contribution < -0.4 is 31.9 Å². The Morgan fingerprint density at radius 3 is 1.20 bits per heavy atom. The molecule has 0 aliphatic carbocycles. The Bertz CT molecular complexity index is 1850. The molecule has 0 heterocycles. The molecule has 0 aliphatic heterocycles. The summed E-state index contributed by atoms with van der Waals surface area (Å²) in [7, 11) is 0. The predicted molar refractivity (Wildman–Crippen MR) is 247 cm³/mol. The average Bonchev–Trinajstić information content (AvgIpc) is 3.18. The lowest BCUT2D eigenvalue weighted by Crippen LogP contribution is -2.28. The molecule has 0 saturated heterocycles. The van der Waals surface area contributed by atoms with Gasteiger partial charge < -0.3 is 42.7 Å². The highest BCUT2D eigenvalue weighted by Gasteiger charge is 2.01. The second-order valence-corrected chi connectivity index (χ2v) is 13.2. The summed E-state index contributed by atoms with van der Waals surface area (Å²) in [5.41, 5.74) is 12.1. The van der Waals surface area contributed by atoms with E-state index >= 15 is 0 Å². The number of amides is 2. The van der Waals surface area contributed by atoms with Crippen molar-refractivity contribution in [2.75, 3.05) is 47.4 Å². The van der Waals surface area contributed by atoms with E-state index < -0.39 is 0 Å². The molecule has 0 radical (unpaired) electrons. The summed E-state index contributed by atoms with van der Waals surface area (Å²) in [5.74, 6) is 0. The van der Waals surface area contributed by atoms with Crippen molar-refractivity contribution in [2.45, 2.75) is 55.4 Å². The monoisotopic (exact) mass is 772 g/mol. The highest BCUT2D eigenvalue weighted by molar-refractivity contribution is 7.80. The SMILES string of the molecule is CCNC(=O)Nc1ccc(C)cc1.CCNC(=S)Nc1ccc(C)cc1.CCNc1ccc(-c2ccc(C(C)=N)cc2)cc1.CCNc1ccc(C(C)=N)cc1. The van der Waals surface area contributed by atoms with Crippen LogP contribution in [0.2, 0.25) is 0 Å². The van der Waals surface area contributed by atoms with Crippen LogP contribution >= 0.6 is 12.2 Å². The quantitative estimate of drug-likeness (QED) is 0.0497. The Labute approximate surface area is 340 Å². The van der Waals surface area contributed by atoms with Crippen LogP contribution in [0.1, 0.15) is 63.8 Å². The average molecular weight is 773 g/mol. The maximum absolute atomic E-state index is 11.1. The van der Waals surface area contributed by atoms with Gasteiger partial charge in [0, 0.05) is 60.4 Å². The van der Waals surface area contributed by atoms with Crippen LogP contribution in [-0.4, -0.2) is 48.7 Å². The molecule has 0 saturated carbocycles. The third-order valence-corrected chi connectivity index (χ3v) is 8.16. The molecule has 296 valence electrons. The first-order valence-electron chi connectivity index (χ1n) is 19.0. The largest absolute Gasteiger partial charge is 0.385 e. The first-order chi connectivity index (χ1) is 26.9. The molecule has 9 nitrogen and oxygen atoms in total. The minimum Gasteiger partial charge on any atom is -0.385 e. The van der Waals surface area contributed by atoms with Gasteiger partial charge in [0.05, 0.1) is 0 Å². The lowest BCUT2D eigenvalue weighted by Gasteiger charge is -2.08. The Morgan fingerprint density at radius 2 is 0.821 bits per heavy atom. The summed E-state index contributed by atoms with van der Waals surface area (Å²) in [6.07, 6.45) is 0. The van der Waals surface area contributed by atoms with Crippen LogP contribution in [0.15, 0.2) is 121 Å². The van der Waals surface area contributed by atoms with Gasteiger partial charge >= 0.3 is 6.03 Å². The molecule has 5 rings (SSSR count). The molecular weight excluding hydrogens is 713 g/mol. The Morgan fingerprint density at radius 1 is 0.482 bits per heavy atom. The minimum absolute atomic E-state index is 0.161. The molecule has 0 atom stereocenters. The smallest absolute Gasteiger partial charge is 0.319 e. The molecule has 0 unspecified atom stereocenters. The number of hydrogen-bond donors (Lipinski definition) is 8. The number of anilines is 4. The van der Waals surface area contributed by atoms with E-state index in [1.165, 1.54) is 22.3 Å². The summed E-state index contributed by atoms with van der Waals surface area (Å²) in [4.78, 5) is 11.1. The zero-order valence-electron chi connectivity index (χ0n) is 34.2. The van der Waals surface area contributed by atoms with Crippen molar-refractivity contribution >= 4 is 57.5 Å².